The number of hydrogen-bond donors (Lipinski definition) is 2. The number of carbonyl (C=O) groups excluding carboxylic acids is 1. The van der Waals surface area contributed by atoms with Gasteiger partial charge in [-0.15, -0.1) is 0 Å². The first kappa shape index (κ1) is 13.7. The van der Waals surface area contributed by atoms with Crippen molar-refractivity contribution in [1.29, 1.82) is 0 Å². The second kappa shape index (κ2) is 6.43. The Kier molecular flexibility index (Phi) is 4.63. The van der Waals surface area contributed by atoms with Crippen molar-refractivity contribution in [2.75, 3.05) is 20.2 Å². The zero-order chi connectivity index (χ0) is 13.7. The molecule has 0 aromatic heterocycles. The first-order chi connectivity index (χ1) is 9.19. The molecule has 2 atom stereocenters. The minimum absolute atomic E-state index is 0.0791. The van der Waals surface area contributed by atoms with E-state index in [2.05, 4.69) is 10.6 Å². The van der Waals surface area contributed by atoms with E-state index >= 15 is 0 Å². The van der Waals surface area contributed by atoms with Crippen molar-refractivity contribution < 1.29 is 14.3 Å². The molecule has 1 aromatic carbocycles. The Labute approximate surface area is 113 Å². The van der Waals surface area contributed by atoms with Crippen LogP contribution in [0.3, 0.4) is 0 Å². The molecule has 2 unspecified atom stereocenters. The normalized spacial score (nSPS) is 19.8. The fourth-order valence-electron chi connectivity index (χ4n) is 2.01. The van der Waals surface area contributed by atoms with E-state index in [1.807, 2.05) is 0 Å². The predicted octanol–water partition coefficient (Wildman–Crippen LogP) is 0.941. The summed E-state index contributed by atoms with van der Waals surface area (Å²) in [5.41, 5.74) is 0. The van der Waals surface area contributed by atoms with Crippen LogP contribution in [0.2, 0.25) is 0 Å². The fraction of sp³-hybridized carbons (Fsp3) is 0.500. The molecule has 5 heteroatoms. The Bertz CT molecular complexity index is 413. The SMILES string of the molecule is COc1ccc(OC(C)C(=O)NC2CCNC2)cc1. The van der Waals surface area contributed by atoms with Crippen molar-refractivity contribution >= 4 is 5.91 Å². The van der Waals surface area contributed by atoms with Gasteiger partial charge in [-0.05, 0) is 44.2 Å². The molecule has 1 aliphatic rings. The highest BCUT2D eigenvalue weighted by molar-refractivity contribution is 5.81. The van der Waals surface area contributed by atoms with Crippen molar-refractivity contribution in [3.05, 3.63) is 24.3 Å². The van der Waals surface area contributed by atoms with Gasteiger partial charge in [0.2, 0.25) is 0 Å². The molecule has 0 spiro atoms. The minimum atomic E-state index is -0.506. The zero-order valence-corrected chi connectivity index (χ0v) is 11.3. The molecule has 0 radical (unpaired) electrons. The Morgan fingerprint density at radius 1 is 1.37 bits per heavy atom. The van der Waals surface area contributed by atoms with Crippen LogP contribution in [0.25, 0.3) is 0 Å². The van der Waals surface area contributed by atoms with Crippen LogP contribution in [0.4, 0.5) is 0 Å². The van der Waals surface area contributed by atoms with Gasteiger partial charge in [0.1, 0.15) is 11.5 Å². The molecule has 1 aliphatic heterocycles. The van der Waals surface area contributed by atoms with Crippen LogP contribution in [0.5, 0.6) is 11.5 Å². The molecule has 5 nitrogen and oxygen atoms in total. The van der Waals surface area contributed by atoms with Gasteiger partial charge in [-0.25, -0.2) is 0 Å². The van der Waals surface area contributed by atoms with E-state index < -0.39 is 6.10 Å². The Balaban J connectivity index is 1.84. The molecule has 104 valence electrons. The molecule has 0 saturated carbocycles. The lowest BCUT2D eigenvalue weighted by Crippen LogP contribution is -2.43. The lowest BCUT2D eigenvalue weighted by atomic mass is 10.2. The molecule has 0 bridgehead atoms. The van der Waals surface area contributed by atoms with Crippen molar-refractivity contribution in [1.82, 2.24) is 10.6 Å². The molecule has 1 heterocycles. The van der Waals surface area contributed by atoms with E-state index in [-0.39, 0.29) is 11.9 Å². The van der Waals surface area contributed by atoms with Crippen molar-refractivity contribution in [2.45, 2.75) is 25.5 Å². The third kappa shape index (κ3) is 3.86. The van der Waals surface area contributed by atoms with Crippen LogP contribution in [-0.2, 0) is 4.79 Å². The molecular weight excluding hydrogens is 244 g/mol. The molecule has 1 aromatic rings. The zero-order valence-electron chi connectivity index (χ0n) is 11.3. The van der Waals surface area contributed by atoms with Gasteiger partial charge in [0, 0.05) is 12.6 Å². The summed E-state index contributed by atoms with van der Waals surface area (Å²) in [6.07, 6.45) is 0.468. The first-order valence-electron chi connectivity index (χ1n) is 6.51. The number of ether oxygens (including phenoxy) is 2. The summed E-state index contributed by atoms with van der Waals surface area (Å²) in [5, 5.41) is 6.18. The number of hydrogen-bond acceptors (Lipinski definition) is 4. The number of amides is 1. The number of nitrogens with one attached hydrogen (secondary N) is 2. The van der Waals surface area contributed by atoms with E-state index in [0.29, 0.717) is 5.75 Å². The Hall–Kier alpha value is -1.75. The molecule has 1 amide bonds. The summed E-state index contributed by atoms with van der Waals surface area (Å²) in [7, 11) is 1.61. The second-order valence-electron chi connectivity index (χ2n) is 4.63. The number of methoxy groups -OCH3 is 1. The average molecular weight is 264 g/mol. The van der Waals surface area contributed by atoms with Gasteiger partial charge in [-0.1, -0.05) is 0 Å². The van der Waals surface area contributed by atoms with Crippen LogP contribution in [0, 0.1) is 0 Å². The maximum atomic E-state index is 11.9. The number of carbonyl (C=O) groups is 1. The minimum Gasteiger partial charge on any atom is -0.497 e. The Morgan fingerprint density at radius 2 is 2.05 bits per heavy atom. The molecule has 19 heavy (non-hydrogen) atoms. The van der Waals surface area contributed by atoms with Crippen LogP contribution in [0.1, 0.15) is 13.3 Å². The summed E-state index contributed by atoms with van der Waals surface area (Å²) < 4.78 is 10.7. The Morgan fingerprint density at radius 3 is 2.63 bits per heavy atom. The van der Waals surface area contributed by atoms with Crippen molar-refractivity contribution in [2.24, 2.45) is 0 Å². The molecular formula is C14H20N2O3. The predicted molar refractivity (Wildman–Crippen MR) is 72.5 cm³/mol. The largest absolute Gasteiger partial charge is 0.497 e. The van der Waals surface area contributed by atoms with Gasteiger partial charge in [0.15, 0.2) is 6.10 Å². The highest BCUT2D eigenvalue weighted by Crippen LogP contribution is 2.18. The van der Waals surface area contributed by atoms with Gasteiger partial charge in [-0.3, -0.25) is 4.79 Å². The van der Waals surface area contributed by atoms with Gasteiger partial charge in [0.05, 0.1) is 7.11 Å². The smallest absolute Gasteiger partial charge is 0.261 e. The lowest BCUT2D eigenvalue weighted by molar-refractivity contribution is -0.127. The van der Waals surface area contributed by atoms with Crippen molar-refractivity contribution in [3.63, 3.8) is 0 Å². The third-order valence-electron chi connectivity index (χ3n) is 3.15. The van der Waals surface area contributed by atoms with Crippen molar-refractivity contribution in [3.8, 4) is 11.5 Å². The van der Waals surface area contributed by atoms with Crippen LogP contribution in [0.15, 0.2) is 24.3 Å². The fourth-order valence-corrected chi connectivity index (χ4v) is 2.01. The quantitative estimate of drug-likeness (QED) is 0.831. The summed E-state index contributed by atoms with van der Waals surface area (Å²) in [4.78, 5) is 11.9. The maximum Gasteiger partial charge on any atom is 0.261 e. The van der Waals surface area contributed by atoms with Crippen LogP contribution in [-0.4, -0.2) is 38.3 Å². The lowest BCUT2D eigenvalue weighted by Gasteiger charge is -2.17. The highest BCUT2D eigenvalue weighted by atomic mass is 16.5. The summed E-state index contributed by atoms with van der Waals surface area (Å²) in [6.45, 7) is 3.54. The van der Waals surface area contributed by atoms with Crippen LogP contribution >= 0.6 is 0 Å². The molecule has 1 fully saturated rings. The summed E-state index contributed by atoms with van der Waals surface area (Å²) in [6, 6.07) is 7.41. The second-order valence-corrected chi connectivity index (χ2v) is 4.63. The highest BCUT2D eigenvalue weighted by Gasteiger charge is 2.21. The van der Waals surface area contributed by atoms with E-state index in [9.17, 15) is 4.79 Å². The molecule has 0 aliphatic carbocycles. The van der Waals surface area contributed by atoms with E-state index in [1.54, 1.807) is 38.3 Å². The van der Waals surface area contributed by atoms with E-state index in [0.717, 1.165) is 25.3 Å². The molecule has 2 N–H and O–H groups in total. The maximum absolute atomic E-state index is 11.9. The summed E-state index contributed by atoms with van der Waals surface area (Å²) >= 11 is 0. The number of rotatable bonds is 5. The van der Waals surface area contributed by atoms with Gasteiger partial charge >= 0.3 is 0 Å². The third-order valence-corrected chi connectivity index (χ3v) is 3.15. The standard InChI is InChI=1S/C14H20N2O3/c1-10(14(17)16-11-7-8-15-9-11)19-13-5-3-12(18-2)4-6-13/h3-6,10-11,15H,7-9H2,1-2H3,(H,16,17). The topological polar surface area (TPSA) is 59.6 Å². The molecule has 2 rings (SSSR count). The molecule has 1 saturated heterocycles. The van der Waals surface area contributed by atoms with Crippen LogP contribution < -0.4 is 20.1 Å². The van der Waals surface area contributed by atoms with E-state index in [1.165, 1.54) is 0 Å². The van der Waals surface area contributed by atoms with Gasteiger partial charge in [-0.2, -0.15) is 0 Å². The summed E-state index contributed by atoms with van der Waals surface area (Å²) in [5.74, 6) is 1.35. The average Bonchev–Trinajstić information content (AvgIpc) is 2.92. The van der Waals surface area contributed by atoms with Gasteiger partial charge in [0.25, 0.3) is 5.91 Å². The monoisotopic (exact) mass is 264 g/mol. The first-order valence-corrected chi connectivity index (χ1v) is 6.51. The number of benzene rings is 1. The van der Waals surface area contributed by atoms with Gasteiger partial charge < -0.3 is 20.1 Å². The van der Waals surface area contributed by atoms with E-state index in [4.69, 9.17) is 9.47 Å².